The zero-order chi connectivity index (χ0) is 13.0. The SMILES string of the molecule is COC(=O)C(Nc1cc(Br)ccc1N)C(C)C. The van der Waals surface area contributed by atoms with Crippen molar-refractivity contribution in [1.29, 1.82) is 0 Å². The van der Waals surface area contributed by atoms with Gasteiger partial charge in [-0.3, -0.25) is 0 Å². The maximum absolute atomic E-state index is 11.6. The summed E-state index contributed by atoms with van der Waals surface area (Å²) in [4.78, 5) is 11.6. The molecular formula is C12H17BrN2O2. The first kappa shape index (κ1) is 13.8. The molecule has 1 atom stereocenters. The number of carbonyl (C=O) groups is 1. The summed E-state index contributed by atoms with van der Waals surface area (Å²) in [7, 11) is 1.38. The molecular weight excluding hydrogens is 284 g/mol. The van der Waals surface area contributed by atoms with E-state index in [0.717, 1.165) is 10.2 Å². The van der Waals surface area contributed by atoms with Gasteiger partial charge in [0.1, 0.15) is 6.04 Å². The van der Waals surface area contributed by atoms with Crippen LogP contribution in [-0.2, 0) is 9.53 Å². The highest BCUT2D eigenvalue weighted by atomic mass is 79.9. The number of hydrogen-bond donors (Lipinski definition) is 2. The van der Waals surface area contributed by atoms with Crippen LogP contribution in [0.4, 0.5) is 11.4 Å². The molecule has 0 radical (unpaired) electrons. The molecule has 4 nitrogen and oxygen atoms in total. The predicted octanol–water partition coefficient (Wildman–Crippen LogP) is 2.64. The summed E-state index contributed by atoms with van der Waals surface area (Å²) in [5, 5.41) is 3.11. The van der Waals surface area contributed by atoms with E-state index in [0.29, 0.717) is 5.69 Å². The van der Waals surface area contributed by atoms with E-state index in [1.165, 1.54) is 7.11 Å². The molecule has 3 N–H and O–H groups in total. The minimum absolute atomic E-state index is 0.112. The molecule has 1 aromatic rings. The van der Waals surface area contributed by atoms with Gasteiger partial charge < -0.3 is 15.8 Å². The first-order valence-corrected chi connectivity index (χ1v) is 6.14. The maximum atomic E-state index is 11.6. The van der Waals surface area contributed by atoms with Gasteiger partial charge in [0.05, 0.1) is 18.5 Å². The Kier molecular flexibility index (Phi) is 4.81. The van der Waals surface area contributed by atoms with Crippen LogP contribution in [-0.4, -0.2) is 19.1 Å². The molecule has 0 fully saturated rings. The third-order valence-corrected chi connectivity index (χ3v) is 2.94. The number of benzene rings is 1. The molecule has 0 aliphatic rings. The number of anilines is 2. The van der Waals surface area contributed by atoms with E-state index in [4.69, 9.17) is 10.5 Å². The van der Waals surface area contributed by atoms with Crippen LogP contribution in [0.5, 0.6) is 0 Å². The smallest absolute Gasteiger partial charge is 0.328 e. The lowest BCUT2D eigenvalue weighted by molar-refractivity contribution is -0.142. The van der Waals surface area contributed by atoms with Crippen LogP contribution in [0, 0.1) is 5.92 Å². The van der Waals surface area contributed by atoms with Gasteiger partial charge in [0.15, 0.2) is 0 Å². The molecule has 0 spiro atoms. The van der Waals surface area contributed by atoms with Crippen molar-refractivity contribution in [2.45, 2.75) is 19.9 Å². The highest BCUT2D eigenvalue weighted by Gasteiger charge is 2.23. The van der Waals surface area contributed by atoms with Gasteiger partial charge in [-0.2, -0.15) is 0 Å². The number of halogens is 1. The van der Waals surface area contributed by atoms with E-state index < -0.39 is 6.04 Å². The summed E-state index contributed by atoms with van der Waals surface area (Å²) in [6.07, 6.45) is 0. The van der Waals surface area contributed by atoms with Gasteiger partial charge in [0.2, 0.25) is 0 Å². The minimum Gasteiger partial charge on any atom is -0.467 e. The van der Waals surface area contributed by atoms with Gasteiger partial charge >= 0.3 is 5.97 Å². The summed E-state index contributed by atoms with van der Waals surface area (Å²) >= 11 is 3.37. The quantitative estimate of drug-likeness (QED) is 0.663. The van der Waals surface area contributed by atoms with Gasteiger partial charge in [-0.25, -0.2) is 4.79 Å². The molecule has 1 unspecified atom stereocenters. The maximum Gasteiger partial charge on any atom is 0.328 e. The van der Waals surface area contributed by atoms with Crippen molar-refractivity contribution in [3.05, 3.63) is 22.7 Å². The molecule has 0 amide bonds. The van der Waals surface area contributed by atoms with Crippen LogP contribution in [0.3, 0.4) is 0 Å². The highest BCUT2D eigenvalue weighted by Crippen LogP contribution is 2.25. The van der Waals surface area contributed by atoms with Gasteiger partial charge in [-0.05, 0) is 24.1 Å². The number of hydrogen-bond acceptors (Lipinski definition) is 4. The van der Waals surface area contributed by atoms with E-state index >= 15 is 0 Å². The Balaban J connectivity index is 2.93. The fourth-order valence-corrected chi connectivity index (χ4v) is 1.81. The molecule has 0 bridgehead atoms. The molecule has 0 aliphatic carbocycles. The van der Waals surface area contributed by atoms with Crippen LogP contribution >= 0.6 is 15.9 Å². The minimum atomic E-state index is -0.406. The van der Waals surface area contributed by atoms with Crippen molar-refractivity contribution in [3.8, 4) is 0 Å². The van der Waals surface area contributed by atoms with Gasteiger partial charge in [-0.1, -0.05) is 29.8 Å². The molecule has 1 rings (SSSR count). The van der Waals surface area contributed by atoms with Crippen molar-refractivity contribution in [1.82, 2.24) is 0 Å². The van der Waals surface area contributed by atoms with E-state index in [1.54, 1.807) is 6.07 Å². The molecule has 1 aromatic carbocycles. The standard InChI is InChI=1S/C12H17BrN2O2/c1-7(2)11(12(16)17-3)15-10-6-8(13)4-5-9(10)14/h4-7,11,15H,14H2,1-3H3. The predicted molar refractivity (Wildman–Crippen MR) is 72.8 cm³/mol. The molecule has 94 valence electrons. The molecule has 0 aromatic heterocycles. The van der Waals surface area contributed by atoms with Crippen molar-refractivity contribution < 1.29 is 9.53 Å². The first-order valence-electron chi connectivity index (χ1n) is 5.35. The average molecular weight is 301 g/mol. The third-order valence-electron chi connectivity index (χ3n) is 2.45. The summed E-state index contributed by atoms with van der Waals surface area (Å²) in [6, 6.07) is 5.06. The van der Waals surface area contributed by atoms with E-state index in [2.05, 4.69) is 21.2 Å². The molecule has 17 heavy (non-hydrogen) atoms. The van der Waals surface area contributed by atoms with E-state index in [9.17, 15) is 4.79 Å². The van der Waals surface area contributed by atoms with Gasteiger partial charge in [0, 0.05) is 4.47 Å². The number of carbonyl (C=O) groups excluding carboxylic acids is 1. The van der Waals surface area contributed by atoms with Crippen molar-refractivity contribution in [3.63, 3.8) is 0 Å². The van der Waals surface area contributed by atoms with Crippen molar-refractivity contribution >= 4 is 33.3 Å². The number of nitrogen functional groups attached to an aromatic ring is 1. The summed E-state index contributed by atoms with van der Waals surface area (Å²) < 4.78 is 5.67. The second kappa shape index (κ2) is 5.91. The number of esters is 1. The molecule has 5 heteroatoms. The normalized spacial score (nSPS) is 12.3. The lowest BCUT2D eigenvalue weighted by Gasteiger charge is -2.22. The summed E-state index contributed by atoms with van der Waals surface area (Å²) in [5.41, 5.74) is 7.17. The fraction of sp³-hybridized carbons (Fsp3) is 0.417. The van der Waals surface area contributed by atoms with Crippen LogP contribution in [0.15, 0.2) is 22.7 Å². The first-order chi connectivity index (χ1) is 7.95. The molecule has 0 aliphatic heterocycles. The molecule has 0 saturated heterocycles. The monoisotopic (exact) mass is 300 g/mol. The lowest BCUT2D eigenvalue weighted by Crippen LogP contribution is -2.35. The van der Waals surface area contributed by atoms with E-state index in [1.807, 2.05) is 26.0 Å². The van der Waals surface area contributed by atoms with Crippen LogP contribution in [0.1, 0.15) is 13.8 Å². The Morgan fingerprint density at radius 2 is 2.12 bits per heavy atom. The van der Waals surface area contributed by atoms with E-state index in [-0.39, 0.29) is 11.9 Å². The number of methoxy groups -OCH3 is 1. The van der Waals surface area contributed by atoms with Crippen molar-refractivity contribution in [2.75, 3.05) is 18.2 Å². The summed E-state index contributed by atoms with van der Waals surface area (Å²) in [5.74, 6) is -0.180. The van der Waals surface area contributed by atoms with Gasteiger partial charge in [0.25, 0.3) is 0 Å². The molecule has 0 heterocycles. The Bertz CT molecular complexity index is 407. The van der Waals surface area contributed by atoms with Crippen LogP contribution < -0.4 is 11.1 Å². The highest BCUT2D eigenvalue weighted by molar-refractivity contribution is 9.10. The lowest BCUT2D eigenvalue weighted by atomic mass is 10.0. The Hall–Kier alpha value is -1.23. The largest absolute Gasteiger partial charge is 0.467 e. The number of ether oxygens (including phenoxy) is 1. The van der Waals surface area contributed by atoms with Crippen molar-refractivity contribution in [2.24, 2.45) is 5.92 Å². The second-order valence-corrected chi connectivity index (χ2v) is 5.04. The molecule has 0 saturated carbocycles. The topological polar surface area (TPSA) is 64.3 Å². The Labute approximate surface area is 110 Å². The fourth-order valence-electron chi connectivity index (χ4n) is 1.45. The zero-order valence-electron chi connectivity index (χ0n) is 10.2. The Morgan fingerprint density at radius 3 is 2.65 bits per heavy atom. The number of nitrogens with two attached hydrogens (primary N) is 1. The van der Waals surface area contributed by atoms with Crippen LogP contribution in [0.2, 0.25) is 0 Å². The van der Waals surface area contributed by atoms with Gasteiger partial charge in [-0.15, -0.1) is 0 Å². The Morgan fingerprint density at radius 1 is 1.47 bits per heavy atom. The third kappa shape index (κ3) is 3.63. The van der Waals surface area contributed by atoms with Crippen LogP contribution in [0.25, 0.3) is 0 Å². The number of nitrogens with one attached hydrogen (secondary N) is 1. The second-order valence-electron chi connectivity index (χ2n) is 4.12. The number of rotatable bonds is 4. The average Bonchev–Trinajstić information content (AvgIpc) is 2.28. The summed E-state index contributed by atoms with van der Waals surface area (Å²) in [6.45, 7) is 3.89. The zero-order valence-corrected chi connectivity index (χ0v) is 11.7.